The number of phenols is 1. The minimum atomic E-state index is -0.566. The molecule has 0 unspecified atom stereocenters. The van der Waals surface area contributed by atoms with Crippen molar-refractivity contribution < 1.29 is 15.0 Å². The van der Waals surface area contributed by atoms with E-state index < -0.39 is 12.4 Å². The van der Waals surface area contributed by atoms with Crippen LogP contribution in [0, 0.1) is 0 Å². The maximum atomic E-state index is 11.3. The molecule has 0 heterocycles. The molecule has 2 N–H and O–H groups in total. The highest BCUT2D eigenvalue weighted by Crippen LogP contribution is 2.20. The summed E-state index contributed by atoms with van der Waals surface area (Å²) in [7, 11) is 0. The van der Waals surface area contributed by atoms with Crippen LogP contribution in [-0.4, -0.2) is 22.6 Å². The second-order valence-corrected chi connectivity index (χ2v) is 4.60. The van der Waals surface area contributed by atoms with Crippen LogP contribution in [0.4, 0.5) is 0 Å². The summed E-state index contributed by atoms with van der Waals surface area (Å²) < 4.78 is 0. The quantitative estimate of drug-likeness (QED) is 0.550. The van der Waals surface area contributed by atoms with Gasteiger partial charge in [0.2, 0.25) is 0 Å². The van der Waals surface area contributed by atoms with Gasteiger partial charge in [0.05, 0.1) is 5.56 Å². The van der Waals surface area contributed by atoms with Gasteiger partial charge in [0.25, 0.3) is 0 Å². The Kier molecular flexibility index (Phi) is 6.44. The third-order valence-electron chi connectivity index (χ3n) is 3.08. The van der Waals surface area contributed by atoms with E-state index in [4.69, 9.17) is 5.11 Å². The summed E-state index contributed by atoms with van der Waals surface area (Å²) in [6, 6.07) is 5.07. The molecule has 0 aromatic heterocycles. The van der Waals surface area contributed by atoms with E-state index in [1.54, 1.807) is 12.1 Å². The zero-order valence-corrected chi connectivity index (χ0v) is 11.0. The van der Waals surface area contributed by atoms with Crippen LogP contribution in [-0.2, 0) is 6.42 Å². The number of aliphatic hydroxyl groups is 1. The van der Waals surface area contributed by atoms with Gasteiger partial charge in [-0.1, -0.05) is 38.7 Å². The van der Waals surface area contributed by atoms with Crippen LogP contribution in [0.3, 0.4) is 0 Å². The molecular weight excluding hydrogens is 228 g/mol. The standard InChI is InChI=1S/C15H22O3/c1-2-3-4-5-6-7-12-8-9-13(14(17)10-12)15(18)11-16/h8-10,16-17H,2-7,11H2,1H3. The summed E-state index contributed by atoms with van der Waals surface area (Å²) in [6.07, 6.45) is 6.99. The lowest BCUT2D eigenvalue weighted by Crippen LogP contribution is -2.04. The summed E-state index contributed by atoms with van der Waals surface area (Å²) in [5, 5.41) is 18.4. The molecule has 1 rings (SSSR count). The predicted octanol–water partition coefficient (Wildman–Crippen LogP) is 3.08. The molecule has 0 fully saturated rings. The van der Waals surface area contributed by atoms with Crippen LogP contribution in [0.25, 0.3) is 0 Å². The molecule has 0 saturated heterocycles. The zero-order valence-electron chi connectivity index (χ0n) is 11.0. The van der Waals surface area contributed by atoms with Gasteiger partial charge in [0.1, 0.15) is 12.4 Å². The zero-order chi connectivity index (χ0) is 13.4. The summed E-state index contributed by atoms with van der Waals surface area (Å²) >= 11 is 0. The van der Waals surface area contributed by atoms with Crippen LogP contribution in [0.2, 0.25) is 0 Å². The fourth-order valence-electron chi connectivity index (χ4n) is 1.99. The van der Waals surface area contributed by atoms with Crippen LogP contribution in [0.15, 0.2) is 18.2 Å². The van der Waals surface area contributed by atoms with Crippen molar-refractivity contribution in [3.8, 4) is 5.75 Å². The van der Waals surface area contributed by atoms with Gasteiger partial charge < -0.3 is 10.2 Å². The SMILES string of the molecule is CCCCCCCc1ccc(C(=O)CO)c(O)c1. The van der Waals surface area contributed by atoms with E-state index in [1.807, 2.05) is 6.07 Å². The monoisotopic (exact) mass is 250 g/mol. The molecule has 0 aliphatic rings. The molecule has 18 heavy (non-hydrogen) atoms. The number of carbonyl (C=O) groups excluding carboxylic acids is 1. The Morgan fingerprint density at radius 3 is 2.50 bits per heavy atom. The first-order valence-electron chi connectivity index (χ1n) is 6.65. The van der Waals surface area contributed by atoms with Gasteiger partial charge in [-0.3, -0.25) is 4.79 Å². The van der Waals surface area contributed by atoms with E-state index in [1.165, 1.54) is 25.7 Å². The molecule has 0 amide bonds. The molecule has 3 heteroatoms. The second-order valence-electron chi connectivity index (χ2n) is 4.60. The number of carbonyl (C=O) groups is 1. The number of hydrogen-bond acceptors (Lipinski definition) is 3. The number of unbranched alkanes of at least 4 members (excludes halogenated alkanes) is 4. The highest BCUT2D eigenvalue weighted by Gasteiger charge is 2.10. The maximum absolute atomic E-state index is 11.3. The summed E-state index contributed by atoms with van der Waals surface area (Å²) in [5.74, 6) is -0.470. The van der Waals surface area contributed by atoms with Crippen molar-refractivity contribution in [2.75, 3.05) is 6.61 Å². The Hall–Kier alpha value is -1.35. The largest absolute Gasteiger partial charge is 0.507 e. The fraction of sp³-hybridized carbons (Fsp3) is 0.533. The number of aliphatic hydroxyl groups excluding tert-OH is 1. The third kappa shape index (κ3) is 4.49. The van der Waals surface area contributed by atoms with Crippen molar-refractivity contribution in [2.24, 2.45) is 0 Å². The minimum Gasteiger partial charge on any atom is -0.507 e. The van der Waals surface area contributed by atoms with Crippen LogP contribution in [0.1, 0.15) is 54.9 Å². The first-order chi connectivity index (χ1) is 8.69. The second kappa shape index (κ2) is 7.88. The van der Waals surface area contributed by atoms with E-state index >= 15 is 0 Å². The highest BCUT2D eigenvalue weighted by atomic mass is 16.3. The van der Waals surface area contributed by atoms with Gasteiger partial charge in [0, 0.05) is 0 Å². The predicted molar refractivity (Wildman–Crippen MR) is 72.0 cm³/mol. The molecular formula is C15H22O3. The number of aryl methyl sites for hydroxylation is 1. The summed E-state index contributed by atoms with van der Waals surface area (Å²) in [5.41, 5.74) is 1.24. The number of hydrogen-bond donors (Lipinski definition) is 2. The summed E-state index contributed by atoms with van der Waals surface area (Å²) in [6.45, 7) is 1.62. The van der Waals surface area contributed by atoms with Gasteiger partial charge in [-0.25, -0.2) is 0 Å². The molecule has 1 aromatic rings. The molecule has 0 atom stereocenters. The van der Waals surface area contributed by atoms with Crippen molar-refractivity contribution in [1.29, 1.82) is 0 Å². The van der Waals surface area contributed by atoms with E-state index in [0.29, 0.717) is 0 Å². The first kappa shape index (κ1) is 14.7. The Labute approximate surface area is 108 Å². The summed E-state index contributed by atoms with van der Waals surface area (Å²) in [4.78, 5) is 11.3. The topological polar surface area (TPSA) is 57.5 Å². The van der Waals surface area contributed by atoms with Crippen molar-refractivity contribution in [3.05, 3.63) is 29.3 Å². The smallest absolute Gasteiger partial charge is 0.191 e. The molecule has 0 saturated carbocycles. The Balaban J connectivity index is 2.49. The molecule has 0 aliphatic heterocycles. The van der Waals surface area contributed by atoms with Crippen LogP contribution >= 0.6 is 0 Å². The van der Waals surface area contributed by atoms with Gasteiger partial charge >= 0.3 is 0 Å². The molecule has 0 radical (unpaired) electrons. The van der Waals surface area contributed by atoms with Gasteiger partial charge in [-0.15, -0.1) is 0 Å². The molecule has 3 nitrogen and oxygen atoms in total. The van der Waals surface area contributed by atoms with Gasteiger partial charge in [-0.2, -0.15) is 0 Å². The number of ketones is 1. The van der Waals surface area contributed by atoms with Crippen molar-refractivity contribution in [2.45, 2.75) is 45.4 Å². The minimum absolute atomic E-state index is 0.0277. The molecule has 100 valence electrons. The number of benzene rings is 1. The number of rotatable bonds is 8. The van der Waals surface area contributed by atoms with Crippen molar-refractivity contribution in [1.82, 2.24) is 0 Å². The lowest BCUT2D eigenvalue weighted by molar-refractivity contribution is 0.0901. The van der Waals surface area contributed by atoms with Gasteiger partial charge in [0.15, 0.2) is 5.78 Å². The lowest BCUT2D eigenvalue weighted by Gasteiger charge is -2.06. The van der Waals surface area contributed by atoms with Crippen LogP contribution < -0.4 is 0 Å². The maximum Gasteiger partial charge on any atom is 0.191 e. The molecule has 0 spiro atoms. The average molecular weight is 250 g/mol. The average Bonchev–Trinajstić information content (AvgIpc) is 2.38. The highest BCUT2D eigenvalue weighted by molar-refractivity contribution is 5.99. The molecule has 0 bridgehead atoms. The Bertz CT molecular complexity index is 385. The third-order valence-corrected chi connectivity index (χ3v) is 3.08. The Morgan fingerprint density at radius 1 is 1.17 bits per heavy atom. The van der Waals surface area contributed by atoms with Crippen molar-refractivity contribution >= 4 is 5.78 Å². The number of Topliss-reactive ketones (excluding diaryl/α,β-unsaturated/α-hetero) is 1. The van der Waals surface area contributed by atoms with E-state index in [0.717, 1.165) is 18.4 Å². The van der Waals surface area contributed by atoms with Crippen molar-refractivity contribution in [3.63, 3.8) is 0 Å². The number of aromatic hydroxyl groups is 1. The van der Waals surface area contributed by atoms with Crippen LogP contribution in [0.5, 0.6) is 5.75 Å². The van der Waals surface area contributed by atoms with E-state index in [9.17, 15) is 9.90 Å². The van der Waals surface area contributed by atoms with E-state index in [-0.39, 0.29) is 11.3 Å². The van der Waals surface area contributed by atoms with Gasteiger partial charge in [-0.05, 0) is 30.5 Å². The normalized spacial score (nSPS) is 10.6. The fourth-order valence-corrected chi connectivity index (χ4v) is 1.99. The van der Waals surface area contributed by atoms with E-state index in [2.05, 4.69) is 6.92 Å². The Morgan fingerprint density at radius 2 is 1.89 bits per heavy atom. The molecule has 1 aromatic carbocycles. The lowest BCUT2D eigenvalue weighted by atomic mass is 10.0. The molecule has 0 aliphatic carbocycles. The number of phenolic OH excluding ortho intramolecular Hbond substituents is 1. The first-order valence-corrected chi connectivity index (χ1v) is 6.65.